The maximum Gasteiger partial charge on any atom is 0.310 e. The lowest BCUT2D eigenvalue weighted by molar-refractivity contribution is -0.148. The molecule has 4 rings (SSSR count). The van der Waals surface area contributed by atoms with Gasteiger partial charge in [0.1, 0.15) is 0 Å². The summed E-state index contributed by atoms with van der Waals surface area (Å²) < 4.78 is 1.54. The highest BCUT2D eigenvalue weighted by Gasteiger charge is 2.25. The number of aromatic nitrogens is 3. The third-order valence-corrected chi connectivity index (χ3v) is 5.44. The van der Waals surface area contributed by atoms with E-state index in [9.17, 15) is 14.4 Å². The molecule has 0 fully saturated rings. The molecule has 0 radical (unpaired) electrons. The molecule has 0 aliphatic heterocycles. The predicted octanol–water partition coefficient (Wildman–Crippen LogP) is 3.82. The van der Waals surface area contributed by atoms with Crippen LogP contribution in [-0.2, 0) is 14.4 Å². The number of amides is 2. The molecule has 2 aromatic carbocycles. The number of hydrogen-bond acceptors (Lipinski definition) is 6. The number of ketones is 1. The van der Waals surface area contributed by atoms with Crippen LogP contribution in [-0.4, -0.2) is 38.5 Å². The standard InChI is InChI=1S/C28H27N5O4/c1-19(2)37-32-28(36)25(34)18-24(21-12-7-4-8-13-21)30-27(35)22-14-9-16-29-26(22)33-17-15-23(31-33)20-10-5-3-6-11-20/h3-17,19,24H,18H2,1-2H3,(H,30,35)(H,32,36). The van der Waals surface area contributed by atoms with Gasteiger partial charge in [-0.05, 0) is 37.6 Å². The lowest BCUT2D eigenvalue weighted by Crippen LogP contribution is -2.37. The first-order valence-electron chi connectivity index (χ1n) is 11.8. The largest absolute Gasteiger partial charge is 0.345 e. The van der Waals surface area contributed by atoms with E-state index >= 15 is 0 Å². The van der Waals surface area contributed by atoms with Crippen LogP contribution in [0.15, 0.2) is 91.3 Å². The average molecular weight is 498 g/mol. The molecule has 4 aromatic rings. The van der Waals surface area contributed by atoms with Crippen LogP contribution in [0.1, 0.15) is 42.2 Å². The number of rotatable bonds is 10. The maximum atomic E-state index is 13.4. The lowest BCUT2D eigenvalue weighted by atomic mass is 10.0. The molecule has 37 heavy (non-hydrogen) atoms. The Bertz CT molecular complexity index is 1370. The Balaban J connectivity index is 1.57. The smallest absolute Gasteiger partial charge is 0.310 e. The van der Waals surface area contributed by atoms with Gasteiger partial charge >= 0.3 is 5.91 Å². The van der Waals surface area contributed by atoms with Crippen molar-refractivity contribution in [2.75, 3.05) is 0 Å². The summed E-state index contributed by atoms with van der Waals surface area (Å²) in [5, 5.41) is 7.48. The first-order valence-corrected chi connectivity index (χ1v) is 11.8. The van der Waals surface area contributed by atoms with Gasteiger partial charge in [0.05, 0.1) is 23.4 Å². The normalized spacial score (nSPS) is 11.6. The van der Waals surface area contributed by atoms with Crippen LogP contribution in [0.3, 0.4) is 0 Å². The molecule has 1 unspecified atom stereocenters. The Morgan fingerprint density at radius 2 is 1.62 bits per heavy atom. The number of pyridine rings is 1. The second kappa shape index (κ2) is 11.9. The Morgan fingerprint density at radius 3 is 2.32 bits per heavy atom. The molecular weight excluding hydrogens is 470 g/mol. The van der Waals surface area contributed by atoms with E-state index in [-0.39, 0.29) is 18.1 Å². The van der Waals surface area contributed by atoms with Crippen molar-refractivity contribution < 1.29 is 19.2 Å². The van der Waals surface area contributed by atoms with Crippen LogP contribution in [0.4, 0.5) is 0 Å². The van der Waals surface area contributed by atoms with Crippen molar-refractivity contribution in [3.8, 4) is 17.1 Å². The van der Waals surface area contributed by atoms with E-state index in [0.717, 1.165) is 11.3 Å². The van der Waals surface area contributed by atoms with E-state index in [1.54, 1.807) is 62.6 Å². The molecule has 0 spiro atoms. The molecule has 0 saturated carbocycles. The molecular formula is C28H27N5O4. The van der Waals surface area contributed by atoms with Gasteiger partial charge in [0.25, 0.3) is 5.91 Å². The van der Waals surface area contributed by atoms with Crippen LogP contribution in [0.25, 0.3) is 17.1 Å². The van der Waals surface area contributed by atoms with E-state index < -0.39 is 23.6 Å². The van der Waals surface area contributed by atoms with Crippen molar-refractivity contribution in [1.82, 2.24) is 25.6 Å². The van der Waals surface area contributed by atoms with E-state index in [2.05, 4.69) is 20.9 Å². The molecule has 9 nitrogen and oxygen atoms in total. The zero-order chi connectivity index (χ0) is 26.2. The van der Waals surface area contributed by atoms with Gasteiger partial charge in [-0.3, -0.25) is 19.2 Å². The fourth-order valence-corrected chi connectivity index (χ4v) is 3.64. The third-order valence-electron chi connectivity index (χ3n) is 5.44. The van der Waals surface area contributed by atoms with Crippen LogP contribution < -0.4 is 10.8 Å². The molecule has 2 amide bonds. The van der Waals surface area contributed by atoms with Gasteiger partial charge in [0.15, 0.2) is 5.82 Å². The molecule has 0 aliphatic carbocycles. The number of nitrogens with zero attached hydrogens (tertiary/aromatic N) is 3. The highest BCUT2D eigenvalue weighted by atomic mass is 16.7. The van der Waals surface area contributed by atoms with Crippen molar-refractivity contribution in [3.63, 3.8) is 0 Å². The van der Waals surface area contributed by atoms with Gasteiger partial charge in [-0.1, -0.05) is 60.7 Å². The molecule has 2 aromatic heterocycles. The number of hydroxylamine groups is 1. The summed E-state index contributed by atoms with van der Waals surface area (Å²) in [4.78, 5) is 47.7. The first kappa shape index (κ1) is 25.5. The van der Waals surface area contributed by atoms with Crippen LogP contribution >= 0.6 is 0 Å². The lowest BCUT2D eigenvalue weighted by Gasteiger charge is -2.19. The quantitative estimate of drug-likeness (QED) is 0.254. The predicted molar refractivity (Wildman–Crippen MR) is 137 cm³/mol. The van der Waals surface area contributed by atoms with Crippen molar-refractivity contribution >= 4 is 17.6 Å². The summed E-state index contributed by atoms with van der Waals surface area (Å²) in [6.07, 6.45) is 2.78. The number of carbonyl (C=O) groups is 3. The van der Waals surface area contributed by atoms with Crippen molar-refractivity contribution in [1.29, 1.82) is 0 Å². The second-order valence-electron chi connectivity index (χ2n) is 8.55. The minimum Gasteiger partial charge on any atom is -0.345 e. The molecule has 2 N–H and O–H groups in total. The zero-order valence-electron chi connectivity index (χ0n) is 20.5. The monoisotopic (exact) mass is 497 g/mol. The summed E-state index contributed by atoms with van der Waals surface area (Å²) >= 11 is 0. The second-order valence-corrected chi connectivity index (χ2v) is 8.55. The van der Waals surface area contributed by atoms with Gasteiger partial charge in [0.2, 0.25) is 5.78 Å². The fourth-order valence-electron chi connectivity index (χ4n) is 3.64. The van der Waals surface area contributed by atoms with E-state index in [1.165, 1.54) is 4.68 Å². The zero-order valence-corrected chi connectivity index (χ0v) is 20.5. The Hall–Kier alpha value is -4.63. The number of Topliss-reactive ketones (excluding diaryl/α,β-unsaturated/α-hetero) is 1. The average Bonchev–Trinajstić information content (AvgIpc) is 3.42. The minimum absolute atomic E-state index is 0.251. The van der Waals surface area contributed by atoms with Crippen LogP contribution in [0.2, 0.25) is 0 Å². The summed E-state index contributed by atoms with van der Waals surface area (Å²) in [6.45, 7) is 3.46. The van der Waals surface area contributed by atoms with Gasteiger partial charge in [-0.2, -0.15) is 5.10 Å². The molecule has 1 atom stereocenters. The number of benzene rings is 2. The minimum atomic E-state index is -0.879. The summed E-state index contributed by atoms with van der Waals surface area (Å²) in [7, 11) is 0. The summed E-state index contributed by atoms with van der Waals surface area (Å²) in [5.41, 5.74) is 4.77. The van der Waals surface area contributed by atoms with Crippen molar-refractivity contribution in [2.45, 2.75) is 32.4 Å². The summed E-state index contributed by atoms with van der Waals surface area (Å²) in [5.74, 6) is -1.72. The summed E-state index contributed by atoms with van der Waals surface area (Å²) in [6, 6.07) is 23.0. The number of carbonyl (C=O) groups excluding carboxylic acids is 3. The van der Waals surface area contributed by atoms with Crippen molar-refractivity contribution in [3.05, 3.63) is 102 Å². The molecule has 0 aliphatic rings. The number of hydrogen-bond donors (Lipinski definition) is 2. The van der Waals surface area contributed by atoms with Crippen molar-refractivity contribution in [2.24, 2.45) is 0 Å². The molecule has 0 bridgehead atoms. The van der Waals surface area contributed by atoms with Crippen LogP contribution in [0, 0.1) is 0 Å². The van der Waals surface area contributed by atoms with Crippen LogP contribution in [0.5, 0.6) is 0 Å². The highest BCUT2D eigenvalue weighted by Crippen LogP contribution is 2.21. The molecule has 9 heteroatoms. The SMILES string of the molecule is CC(C)ONC(=O)C(=O)CC(NC(=O)c1cccnc1-n1ccc(-c2ccccc2)n1)c1ccccc1. The molecule has 188 valence electrons. The first-order chi connectivity index (χ1) is 17.9. The van der Waals surface area contributed by atoms with Gasteiger partial charge < -0.3 is 5.32 Å². The Morgan fingerprint density at radius 1 is 0.919 bits per heavy atom. The van der Waals surface area contributed by atoms with Gasteiger partial charge in [-0.25, -0.2) is 15.1 Å². The van der Waals surface area contributed by atoms with E-state index in [1.807, 2.05) is 42.5 Å². The Labute approximate surface area is 214 Å². The van der Waals surface area contributed by atoms with Gasteiger partial charge in [-0.15, -0.1) is 0 Å². The Kier molecular flexibility index (Phi) is 8.17. The third kappa shape index (κ3) is 6.53. The number of nitrogens with one attached hydrogen (secondary N) is 2. The highest BCUT2D eigenvalue weighted by molar-refractivity contribution is 6.36. The van der Waals surface area contributed by atoms with E-state index in [0.29, 0.717) is 11.4 Å². The molecule has 0 saturated heterocycles. The maximum absolute atomic E-state index is 13.4. The topological polar surface area (TPSA) is 115 Å². The van der Waals surface area contributed by atoms with E-state index in [4.69, 9.17) is 4.84 Å². The van der Waals surface area contributed by atoms with Gasteiger partial charge in [0, 0.05) is 24.4 Å². The fraction of sp³-hybridized carbons (Fsp3) is 0.179. The molecule has 2 heterocycles.